The zero-order valence-electron chi connectivity index (χ0n) is 8.57. The average molecular weight is 258 g/mol. The first-order valence-electron chi connectivity index (χ1n) is 4.22. The normalized spacial score (nSPS) is 11.1. The molecule has 0 spiro atoms. The van der Waals surface area contributed by atoms with Crippen LogP contribution in [-0.4, -0.2) is 32.0 Å². The van der Waals surface area contributed by atoms with Crippen LogP contribution in [-0.2, 0) is 7.05 Å². The summed E-state index contributed by atoms with van der Waals surface area (Å²) < 4.78 is 2.54. The third-order valence-corrected chi connectivity index (χ3v) is 3.67. The van der Waals surface area contributed by atoms with Crippen LogP contribution in [0, 0.1) is 4.77 Å². The van der Waals surface area contributed by atoms with E-state index in [0.717, 1.165) is 21.3 Å². The summed E-state index contributed by atoms with van der Waals surface area (Å²) in [6.07, 6.45) is 3.96. The molecule has 0 amide bonds. The zero-order chi connectivity index (χ0) is 11.0. The zero-order valence-corrected chi connectivity index (χ0v) is 11.0. The SMILES string of the molecule is CSc1nc(SC)c2[nH]c(=S)n(C)c2n1. The first kappa shape index (κ1) is 11.0. The van der Waals surface area contributed by atoms with Crippen molar-refractivity contribution in [3.8, 4) is 0 Å². The van der Waals surface area contributed by atoms with Crippen LogP contribution in [0.1, 0.15) is 0 Å². The molecule has 2 aromatic rings. The van der Waals surface area contributed by atoms with Crippen LogP contribution in [0.4, 0.5) is 0 Å². The van der Waals surface area contributed by atoms with Crippen LogP contribution in [0.15, 0.2) is 10.2 Å². The Kier molecular flexibility index (Phi) is 3.03. The van der Waals surface area contributed by atoms with E-state index in [2.05, 4.69) is 15.0 Å². The van der Waals surface area contributed by atoms with Crippen LogP contribution in [0.5, 0.6) is 0 Å². The lowest BCUT2D eigenvalue weighted by molar-refractivity contribution is 0.872. The van der Waals surface area contributed by atoms with Gasteiger partial charge in [0.05, 0.1) is 0 Å². The number of imidazole rings is 1. The molecular weight excluding hydrogens is 248 g/mol. The van der Waals surface area contributed by atoms with Gasteiger partial charge in [-0.25, -0.2) is 9.97 Å². The Balaban J connectivity index is 2.86. The molecule has 0 atom stereocenters. The summed E-state index contributed by atoms with van der Waals surface area (Å²) in [7, 11) is 1.91. The van der Waals surface area contributed by atoms with Crippen molar-refractivity contribution in [2.75, 3.05) is 12.5 Å². The Morgan fingerprint density at radius 1 is 1.27 bits per heavy atom. The van der Waals surface area contributed by atoms with Gasteiger partial charge in [-0.1, -0.05) is 11.8 Å². The van der Waals surface area contributed by atoms with Gasteiger partial charge in [0.2, 0.25) is 0 Å². The van der Waals surface area contributed by atoms with Crippen LogP contribution >= 0.6 is 35.7 Å². The molecule has 4 nitrogen and oxygen atoms in total. The highest BCUT2D eigenvalue weighted by atomic mass is 32.2. The minimum atomic E-state index is 0.674. The summed E-state index contributed by atoms with van der Waals surface area (Å²) in [6.45, 7) is 0. The van der Waals surface area contributed by atoms with Gasteiger partial charge in [0.1, 0.15) is 10.5 Å². The number of hydrogen-bond donors (Lipinski definition) is 1. The number of rotatable bonds is 2. The van der Waals surface area contributed by atoms with Crippen molar-refractivity contribution in [1.29, 1.82) is 0 Å². The van der Waals surface area contributed by atoms with Gasteiger partial charge in [-0.2, -0.15) is 0 Å². The van der Waals surface area contributed by atoms with Crippen LogP contribution < -0.4 is 0 Å². The molecule has 0 aliphatic carbocycles. The van der Waals surface area contributed by atoms with E-state index >= 15 is 0 Å². The van der Waals surface area contributed by atoms with Crippen molar-refractivity contribution in [2.45, 2.75) is 10.2 Å². The quantitative estimate of drug-likeness (QED) is 0.388. The maximum absolute atomic E-state index is 5.16. The summed E-state index contributed by atoms with van der Waals surface area (Å²) in [5.74, 6) is 0. The molecule has 0 saturated carbocycles. The number of nitrogens with one attached hydrogen (secondary N) is 1. The highest BCUT2D eigenvalue weighted by Gasteiger charge is 2.10. The van der Waals surface area contributed by atoms with E-state index in [1.165, 1.54) is 11.8 Å². The highest BCUT2D eigenvalue weighted by molar-refractivity contribution is 7.99. The molecule has 0 aliphatic heterocycles. The largest absolute Gasteiger partial charge is 0.327 e. The molecule has 1 N–H and O–H groups in total. The van der Waals surface area contributed by atoms with Crippen molar-refractivity contribution in [3.63, 3.8) is 0 Å². The molecule has 0 aliphatic rings. The molecule has 0 radical (unpaired) electrons. The van der Waals surface area contributed by atoms with Gasteiger partial charge in [0, 0.05) is 7.05 Å². The van der Waals surface area contributed by atoms with Crippen molar-refractivity contribution in [2.24, 2.45) is 7.05 Å². The molecule has 0 bridgehead atoms. The Labute approximate surface area is 101 Å². The van der Waals surface area contributed by atoms with E-state index in [9.17, 15) is 0 Å². The molecule has 0 fully saturated rings. The predicted octanol–water partition coefficient (Wildman–Crippen LogP) is 2.47. The monoisotopic (exact) mass is 258 g/mol. The van der Waals surface area contributed by atoms with Crippen molar-refractivity contribution in [1.82, 2.24) is 19.5 Å². The summed E-state index contributed by atoms with van der Waals surface area (Å²) in [5.41, 5.74) is 1.79. The lowest BCUT2D eigenvalue weighted by Gasteiger charge is -2.01. The second-order valence-electron chi connectivity index (χ2n) is 2.91. The van der Waals surface area contributed by atoms with Gasteiger partial charge in [0.15, 0.2) is 15.6 Å². The van der Waals surface area contributed by atoms with Crippen LogP contribution in [0.25, 0.3) is 11.2 Å². The van der Waals surface area contributed by atoms with Gasteiger partial charge in [-0.15, -0.1) is 11.8 Å². The first-order chi connectivity index (χ1) is 7.17. The van der Waals surface area contributed by atoms with Crippen LogP contribution in [0.2, 0.25) is 0 Å². The third kappa shape index (κ3) is 1.79. The minimum absolute atomic E-state index is 0.674. The van der Waals surface area contributed by atoms with E-state index < -0.39 is 0 Å². The van der Waals surface area contributed by atoms with Crippen molar-refractivity contribution >= 4 is 46.9 Å². The predicted molar refractivity (Wildman–Crippen MR) is 67.3 cm³/mol. The molecule has 15 heavy (non-hydrogen) atoms. The van der Waals surface area contributed by atoms with Gasteiger partial charge < -0.3 is 9.55 Å². The second kappa shape index (κ2) is 4.15. The molecule has 7 heteroatoms. The van der Waals surface area contributed by atoms with E-state index in [4.69, 9.17) is 12.2 Å². The van der Waals surface area contributed by atoms with E-state index in [0.29, 0.717) is 4.77 Å². The number of aromatic nitrogens is 4. The van der Waals surface area contributed by atoms with Gasteiger partial charge >= 0.3 is 0 Å². The molecule has 0 unspecified atom stereocenters. The summed E-state index contributed by atoms with van der Waals surface area (Å²) >= 11 is 8.29. The average Bonchev–Trinajstić information content (AvgIpc) is 2.54. The fourth-order valence-electron chi connectivity index (χ4n) is 1.29. The van der Waals surface area contributed by atoms with Crippen LogP contribution in [0.3, 0.4) is 0 Å². The van der Waals surface area contributed by atoms with E-state index in [-0.39, 0.29) is 0 Å². The van der Waals surface area contributed by atoms with Gasteiger partial charge in [-0.3, -0.25) is 0 Å². The molecular formula is C8H10N4S3. The summed E-state index contributed by atoms with van der Waals surface area (Å²) in [6, 6.07) is 0. The fourth-order valence-corrected chi connectivity index (χ4v) is 2.42. The topological polar surface area (TPSA) is 46.5 Å². The highest BCUT2D eigenvalue weighted by Crippen LogP contribution is 2.24. The summed E-state index contributed by atoms with van der Waals surface area (Å²) in [5, 5.41) is 1.72. The maximum Gasteiger partial charge on any atom is 0.190 e. The number of aromatic amines is 1. The minimum Gasteiger partial charge on any atom is -0.327 e. The van der Waals surface area contributed by atoms with Crippen molar-refractivity contribution in [3.05, 3.63) is 4.77 Å². The smallest absolute Gasteiger partial charge is 0.190 e. The Bertz CT molecular complexity index is 557. The lowest BCUT2D eigenvalue weighted by Crippen LogP contribution is -1.94. The number of aryl methyl sites for hydroxylation is 1. The van der Waals surface area contributed by atoms with Gasteiger partial charge in [0.25, 0.3) is 0 Å². The number of nitrogens with zero attached hydrogens (tertiary/aromatic N) is 3. The molecule has 2 rings (SSSR count). The molecule has 2 aromatic heterocycles. The maximum atomic E-state index is 5.16. The number of H-pyrrole nitrogens is 1. The number of hydrogen-bond acceptors (Lipinski definition) is 5. The fraction of sp³-hybridized carbons (Fsp3) is 0.375. The van der Waals surface area contributed by atoms with E-state index in [1.54, 1.807) is 11.8 Å². The standard InChI is InChI=1S/C8H10N4S3/c1-12-5-4(9-8(12)13)6(14-2)11-7(10-5)15-3/h1-3H3,(H,9,13). The number of thioether (sulfide) groups is 2. The number of fused-ring (bicyclic) bond motifs is 1. The second-order valence-corrected chi connectivity index (χ2v) is 4.86. The third-order valence-electron chi connectivity index (χ3n) is 2.07. The summed E-state index contributed by atoms with van der Waals surface area (Å²) in [4.78, 5) is 12.0. The Morgan fingerprint density at radius 2 is 2.00 bits per heavy atom. The lowest BCUT2D eigenvalue weighted by atomic mass is 10.5. The molecule has 0 saturated heterocycles. The van der Waals surface area contributed by atoms with E-state index in [1.807, 2.05) is 24.1 Å². The molecule has 2 heterocycles. The molecule has 0 aromatic carbocycles. The van der Waals surface area contributed by atoms with Gasteiger partial charge in [-0.05, 0) is 24.7 Å². The Hall–Kier alpha value is -0.530. The van der Waals surface area contributed by atoms with Crippen molar-refractivity contribution < 1.29 is 0 Å². The Morgan fingerprint density at radius 3 is 2.60 bits per heavy atom. The molecule has 80 valence electrons. The first-order valence-corrected chi connectivity index (χ1v) is 7.08.